The molecule has 0 fully saturated rings. The summed E-state index contributed by atoms with van der Waals surface area (Å²) in [6.07, 6.45) is -4.85. The van der Waals surface area contributed by atoms with Crippen molar-refractivity contribution in [2.24, 2.45) is 0 Å². The van der Waals surface area contributed by atoms with E-state index in [2.05, 4.69) is 4.74 Å². The van der Waals surface area contributed by atoms with Gasteiger partial charge in [-0.15, -0.1) is 13.2 Å². The highest BCUT2D eigenvalue weighted by Crippen LogP contribution is 2.44. The smallest absolute Gasteiger partial charge is 0.484 e. The zero-order valence-corrected chi connectivity index (χ0v) is 15.4. The lowest BCUT2D eigenvalue weighted by atomic mass is 10.1. The number of para-hydroxylation sites is 1. The molecular weight excluding hydrogens is 367 g/mol. The van der Waals surface area contributed by atoms with Gasteiger partial charge in [-0.05, 0) is 51.2 Å². The number of alkyl halides is 3. The van der Waals surface area contributed by atoms with E-state index in [0.29, 0.717) is 23.3 Å². The molecule has 0 spiro atoms. The molecule has 3 nitrogen and oxygen atoms in total. The van der Waals surface area contributed by atoms with Gasteiger partial charge in [-0.25, -0.2) is 0 Å². The van der Waals surface area contributed by atoms with Gasteiger partial charge in [0.2, 0.25) is 0 Å². The van der Waals surface area contributed by atoms with E-state index >= 15 is 0 Å². The largest absolute Gasteiger partial charge is 0.573 e. The van der Waals surface area contributed by atoms with E-state index in [9.17, 15) is 13.2 Å². The molecule has 7 heteroatoms. The standard InChI is InChI=1S/C19H19ClF3NO2/c1-11-6-4-5-7-16(11)25-18-14-8-12(20)9-17(26-19(21,22)23)13(14)10-15(18)24(2)3/h4-9,15,18H,10H2,1-3H3/t15-,18-/m0/s1. The van der Waals surface area contributed by atoms with Gasteiger partial charge in [-0.3, -0.25) is 0 Å². The Hall–Kier alpha value is -1.92. The van der Waals surface area contributed by atoms with Crippen molar-refractivity contribution in [3.8, 4) is 11.5 Å². The van der Waals surface area contributed by atoms with Crippen LogP contribution in [0.15, 0.2) is 36.4 Å². The van der Waals surface area contributed by atoms with Crippen molar-refractivity contribution >= 4 is 11.6 Å². The fourth-order valence-corrected chi connectivity index (χ4v) is 3.48. The molecule has 26 heavy (non-hydrogen) atoms. The summed E-state index contributed by atoms with van der Waals surface area (Å²) in [5.41, 5.74) is 2.05. The Balaban J connectivity index is 2.04. The van der Waals surface area contributed by atoms with Crippen molar-refractivity contribution < 1.29 is 22.6 Å². The molecule has 0 heterocycles. The molecule has 0 saturated heterocycles. The molecule has 0 radical (unpaired) electrons. The summed E-state index contributed by atoms with van der Waals surface area (Å²) >= 11 is 6.07. The van der Waals surface area contributed by atoms with Crippen LogP contribution < -0.4 is 9.47 Å². The molecule has 2 aromatic carbocycles. The minimum Gasteiger partial charge on any atom is -0.484 e. The van der Waals surface area contributed by atoms with Crippen molar-refractivity contribution in [1.29, 1.82) is 0 Å². The maximum atomic E-state index is 12.8. The van der Waals surface area contributed by atoms with Crippen LogP contribution in [0.1, 0.15) is 22.8 Å². The Bertz CT molecular complexity index is 808. The van der Waals surface area contributed by atoms with Crippen LogP contribution >= 0.6 is 11.6 Å². The van der Waals surface area contributed by atoms with Crippen LogP contribution in [0.25, 0.3) is 0 Å². The highest BCUT2D eigenvalue weighted by molar-refractivity contribution is 6.30. The minimum atomic E-state index is -4.78. The summed E-state index contributed by atoms with van der Waals surface area (Å²) < 4.78 is 48.8. The summed E-state index contributed by atoms with van der Waals surface area (Å²) in [6.45, 7) is 1.92. The zero-order chi connectivity index (χ0) is 19.1. The Morgan fingerprint density at radius 1 is 1.12 bits per heavy atom. The Morgan fingerprint density at radius 3 is 2.42 bits per heavy atom. The van der Waals surface area contributed by atoms with E-state index in [1.54, 1.807) is 6.07 Å². The van der Waals surface area contributed by atoms with E-state index in [1.807, 2.05) is 50.2 Å². The highest BCUT2D eigenvalue weighted by atomic mass is 35.5. The number of rotatable bonds is 4. The number of halogens is 4. The minimum absolute atomic E-state index is 0.140. The lowest BCUT2D eigenvalue weighted by molar-refractivity contribution is -0.274. The molecule has 2 aromatic rings. The quantitative estimate of drug-likeness (QED) is 0.726. The van der Waals surface area contributed by atoms with E-state index in [-0.39, 0.29) is 16.8 Å². The summed E-state index contributed by atoms with van der Waals surface area (Å²) in [5, 5.41) is 0.181. The summed E-state index contributed by atoms with van der Waals surface area (Å²) in [5.74, 6) is 0.429. The number of fused-ring (bicyclic) bond motifs is 1. The molecule has 0 unspecified atom stereocenters. The normalized spacial score (nSPS) is 19.5. The van der Waals surface area contributed by atoms with Crippen LogP contribution in [0.2, 0.25) is 5.02 Å². The SMILES string of the molecule is Cc1ccccc1O[C@H]1c2cc(Cl)cc(OC(F)(F)F)c2C[C@@H]1N(C)C. The first-order valence-corrected chi connectivity index (χ1v) is 8.50. The lowest BCUT2D eigenvalue weighted by Crippen LogP contribution is -2.34. The Kier molecular flexibility index (Phi) is 5.08. The molecular formula is C19H19ClF3NO2. The number of ether oxygens (including phenoxy) is 2. The van der Waals surface area contributed by atoms with Crippen molar-refractivity contribution in [3.63, 3.8) is 0 Å². The first-order chi connectivity index (χ1) is 12.2. The highest BCUT2D eigenvalue weighted by Gasteiger charge is 2.40. The molecule has 0 amide bonds. The van der Waals surface area contributed by atoms with Crippen LogP contribution in [-0.4, -0.2) is 31.4 Å². The third-order valence-electron chi connectivity index (χ3n) is 4.51. The second kappa shape index (κ2) is 7.00. The second-order valence-electron chi connectivity index (χ2n) is 6.56. The van der Waals surface area contributed by atoms with Gasteiger partial charge in [0.1, 0.15) is 17.6 Å². The molecule has 0 aliphatic heterocycles. The fraction of sp³-hybridized carbons (Fsp3) is 0.368. The van der Waals surface area contributed by atoms with Crippen molar-refractivity contribution in [3.05, 3.63) is 58.1 Å². The molecule has 3 rings (SSSR count). The van der Waals surface area contributed by atoms with Crippen molar-refractivity contribution in [1.82, 2.24) is 4.90 Å². The summed E-state index contributed by atoms with van der Waals surface area (Å²) in [7, 11) is 3.74. The monoisotopic (exact) mass is 385 g/mol. The molecule has 140 valence electrons. The van der Waals surface area contributed by atoms with Crippen molar-refractivity contribution in [2.45, 2.75) is 31.9 Å². The fourth-order valence-electron chi connectivity index (χ4n) is 3.26. The topological polar surface area (TPSA) is 21.7 Å². The number of nitrogens with zero attached hydrogens (tertiary/aromatic N) is 1. The lowest BCUT2D eigenvalue weighted by Gasteiger charge is -2.28. The van der Waals surface area contributed by atoms with Gasteiger partial charge in [-0.1, -0.05) is 29.8 Å². The average Bonchev–Trinajstić information content (AvgIpc) is 2.87. The first-order valence-electron chi connectivity index (χ1n) is 8.12. The van der Waals surface area contributed by atoms with Gasteiger partial charge in [0.15, 0.2) is 0 Å². The third kappa shape index (κ3) is 3.91. The molecule has 0 saturated carbocycles. The predicted octanol–water partition coefficient (Wildman–Crippen LogP) is 5.15. The summed E-state index contributed by atoms with van der Waals surface area (Å²) in [4.78, 5) is 1.94. The van der Waals surface area contributed by atoms with Gasteiger partial charge >= 0.3 is 6.36 Å². The van der Waals surface area contributed by atoms with E-state index in [0.717, 1.165) is 5.56 Å². The number of benzene rings is 2. The zero-order valence-electron chi connectivity index (χ0n) is 14.6. The molecule has 1 aliphatic rings. The van der Waals surface area contributed by atoms with Crippen LogP contribution in [0, 0.1) is 6.92 Å². The molecule has 1 aliphatic carbocycles. The average molecular weight is 386 g/mol. The van der Waals surface area contributed by atoms with Crippen molar-refractivity contribution in [2.75, 3.05) is 14.1 Å². The van der Waals surface area contributed by atoms with E-state index in [1.165, 1.54) is 6.07 Å². The number of likely N-dealkylation sites (N-methyl/N-ethyl adjacent to an activating group) is 1. The summed E-state index contributed by atoms with van der Waals surface area (Å²) in [6, 6.07) is 10.3. The van der Waals surface area contributed by atoms with Gasteiger partial charge < -0.3 is 14.4 Å². The van der Waals surface area contributed by atoms with Gasteiger partial charge in [-0.2, -0.15) is 0 Å². The van der Waals surface area contributed by atoms with Crippen LogP contribution in [0.5, 0.6) is 11.5 Å². The maximum absolute atomic E-state index is 12.8. The number of aryl methyl sites for hydroxylation is 1. The van der Waals surface area contributed by atoms with Gasteiger partial charge in [0, 0.05) is 16.1 Å². The molecule has 0 aromatic heterocycles. The second-order valence-corrected chi connectivity index (χ2v) is 6.99. The Labute approximate surface area is 155 Å². The van der Waals surface area contributed by atoms with Crippen LogP contribution in [0.3, 0.4) is 0 Å². The maximum Gasteiger partial charge on any atom is 0.573 e. The molecule has 0 N–H and O–H groups in total. The molecule has 2 atom stereocenters. The number of hydrogen-bond donors (Lipinski definition) is 0. The van der Waals surface area contributed by atoms with Gasteiger partial charge in [0.25, 0.3) is 0 Å². The Morgan fingerprint density at radius 2 is 1.81 bits per heavy atom. The van der Waals surface area contributed by atoms with E-state index < -0.39 is 12.5 Å². The molecule has 0 bridgehead atoms. The van der Waals surface area contributed by atoms with Gasteiger partial charge in [0.05, 0.1) is 6.04 Å². The van der Waals surface area contributed by atoms with Crippen LogP contribution in [-0.2, 0) is 6.42 Å². The van der Waals surface area contributed by atoms with E-state index in [4.69, 9.17) is 16.3 Å². The third-order valence-corrected chi connectivity index (χ3v) is 4.73. The van der Waals surface area contributed by atoms with Crippen LogP contribution in [0.4, 0.5) is 13.2 Å². The first kappa shape index (κ1) is 18.9. The number of hydrogen-bond acceptors (Lipinski definition) is 3. The predicted molar refractivity (Wildman–Crippen MR) is 93.9 cm³/mol.